The normalized spacial score (nSPS) is 12.3. The zero-order valence-corrected chi connectivity index (χ0v) is 16.1. The maximum Gasteiger partial charge on any atom is 0.116 e. The molecule has 0 saturated carbocycles. The summed E-state index contributed by atoms with van der Waals surface area (Å²) in [6.07, 6.45) is 3.83. The Balaban J connectivity index is 2.80. The van der Waals surface area contributed by atoms with Crippen LogP contribution in [-0.2, 0) is 0 Å². The van der Waals surface area contributed by atoms with Crippen molar-refractivity contribution in [3.8, 4) is 5.75 Å². The molecule has 0 aliphatic heterocycles. The second kappa shape index (κ2) is 8.52. The minimum Gasteiger partial charge on any atom is -0.508 e. The quantitative estimate of drug-likeness (QED) is 0.639. The van der Waals surface area contributed by atoms with Crippen LogP contribution >= 0.6 is 0 Å². The minimum absolute atomic E-state index is 0.0487. The van der Waals surface area contributed by atoms with Gasteiger partial charge in [0.25, 0.3) is 0 Å². The summed E-state index contributed by atoms with van der Waals surface area (Å²) in [5, 5.41) is 13.2. The zero-order valence-electron chi connectivity index (χ0n) is 16.1. The monoisotopic (exact) mass is 338 g/mol. The van der Waals surface area contributed by atoms with Gasteiger partial charge in [0.2, 0.25) is 0 Å². The first-order chi connectivity index (χ1) is 11.5. The van der Waals surface area contributed by atoms with E-state index >= 15 is 0 Å². The first-order valence-electron chi connectivity index (χ1n) is 8.36. The lowest BCUT2D eigenvalue weighted by Gasteiger charge is -2.17. The molecule has 25 heavy (non-hydrogen) atoms. The predicted molar refractivity (Wildman–Crippen MR) is 111 cm³/mol. The van der Waals surface area contributed by atoms with Crippen molar-refractivity contribution in [2.24, 2.45) is 10.4 Å². The van der Waals surface area contributed by atoms with Gasteiger partial charge in [-0.2, -0.15) is 0 Å². The van der Waals surface area contributed by atoms with Crippen molar-refractivity contribution in [2.45, 2.75) is 34.6 Å². The number of allylic oxidation sites excluding steroid dienone is 3. The second-order valence-corrected chi connectivity index (χ2v) is 7.20. The van der Waals surface area contributed by atoms with Crippen LogP contribution in [-0.4, -0.2) is 17.9 Å². The van der Waals surface area contributed by atoms with Gasteiger partial charge in [0.1, 0.15) is 5.75 Å². The predicted octanol–water partition coefficient (Wildman–Crippen LogP) is 5.56. The van der Waals surface area contributed by atoms with Gasteiger partial charge >= 0.3 is 0 Å². The molecule has 0 atom stereocenters. The third-order valence-corrected chi connectivity index (χ3v) is 3.89. The van der Waals surface area contributed by atoms with E-state index in [9.17, 15) is 5.11 Å². The van der Waals surface area contributed by atoms with Gasteiger partial charge in [-0.1, -0.05) is 52.2 Å². The molecule has 0 aliphatic carbocycles. The van der Waals surface area contributed by atoms with Gasteiger partial charge in [0.05, 0.1) is 0 Å². The largest absolute Gasteiger partial charge is 0.508 e. The van der Waals surface area contributed by atoms with Crippen LogP contribution in [0.2, 0.25) is 0 Å². The highest BCUT2D eigenvalue weighted by Crippen LogP contribution is 2.25. The molecule has 0 heterocycles. The summed E-state index contributed by atoms with van der Waals surface area (Å²) in [6.45, 7) is 22.7. The van der Waals surface area contributed by atoms with E-state index < -0.39 is 0 Å². The standard InChI is InChI=1S/C22H30N2O/c1-9-18(14-24-17(5)22(6,7)8)13-23-16(4)20-10-19(15(2)3)11-21(25)12-20/h9-12,14,23,25H,2,4-5,13H2,1,3,6-8H3/b18-9-,24-14?. The molecule has 0 unspecified atom stereocenters. The Morgan fingerprint density at radius 1 is 1.16 bits per heavy atom. The molecule has 3 heteroatoms. The lowest BCUT2D eigenvalue weighted by molar-refractivity contribution is 0.475. The average molecular weight is 338 g/mol. The maximum absolute atomic E-state index is 9.88. The van der Waals surface area contributed by atoms with Gasteiger partial charge in [-0.15, -0.1) is 0 Å². The molecular formula is C22H30N2O. The summed E-state index contributed by atoms with van der Waals surface area (Å²) in [6, 6.07) is 5.34. The number of nitrogens with one attached hydrogen (secondary N) is 1. The van der Waals surface area contributed by atoms with E-state index in [0.717, 1.165) is 33.7 Å². The van der Waals surface area contributed by atoms with Crippen molar-refractivity contribution >= 4 is 17.5 Å². The van der Waals surface area contributed by atoms with Crippen molar-refractivity contribution in [3.05, 3.63) is 66.4 Å². The zero-order chi connectivity index (χ0) is 19.2. The highest BCUT2D eigenvalue weighted by Gasteiger charge is 2.13. The highest BCUT2D eigenvalue weighted by atomic mass is 16.3. The van der Waals surface area contributed by atoms with E-state index in [1.165, 1.54) is 0 Å². The van der Waals surface area contributed by atoms with E-state index in [0.29, 0.717) is 6.54 Å². The summed E-state index contributed by atoms with van der Waals surface area (Å²) in [5.41, 5.74) is 5.19. The fourth-order valence-corrected chi connectivity index (χ4v) is 1.92. The molecule has 0 aliphatic rings. The Kier molecular flexibility index (Phi) is 6.98. The summed E-state index contributed by atoms with van der Waals surface area (Å²) < 4.78 is 0. The van der Waals surface area contributed by atoms with Crippen molar-refractivity contribution in [2.75, 3.05) is 6.54 Å². The third kappa shape index (κ3) is 6.46. The second-order valence-electron chi connectivity index (χ2n) is 7.20. The lowest BCUT2D eigenvalue weighted by atomic mass is 9.93. The first kappa shape index (κ1) is 20.5. The number of benzene rings is 1. The minimum atomic E-state index is -0.0487. The van der Waals surface area contributed by atoms with Crippen LogP contribution in [0.4, 0.5) is 0 Å². The smallest absolute Gasteiger partial charge is 0.116 e. The van der Waals surface area contributed by atoms with Crippen LogP contribution in [0.1, 0.15) is 45.7 Å². The summed E-state index contributed by atoms with van der Waals surface area (Å²) >= 11 is 0. The van der Waals surface area contributed by atoms with Crippen molar-refractivity contribution < 1.29 is 5.11 Å². The lowest BCUT2D eigenvalue weighted by Crippen LogP contribution is -2.16. The fraction of sp³-hybridized carbons (Fsp3) is 0.318. The molecule has 1 rings (SSSR count). The van der Waals surface area contributed by atoms with Crippen molar-refractivity contribution in [3.63, 3.8) is 0 Å². The van der Waals surface area contributed by atoms with Crippen LogP contribution < -0.4 is 5.32 Å². The molecular weight excluding hydrogens is 308 g/mol. The van der Waals surface area contributed by atoms with E-state index in [1.54, 1.807) is 12.1 Å². The molecule has 2 N–H and O–H groups in total. The summed E-state index contributed by atoms with van der Waals surface area (Å²) in [7, 11) is 0. The number of hydrogen-bond donors (Lipinski definition) is 2. The Bertz CT molecular complexity index is 731. The molecule has 0 amide bonds. The van der Waals surface area contributed by atoms with Crippen molar-refractivity contribution in [1.29, 1.82) is 0 Å². The highest BCUT2D eigenvalue weighted by molar-refractivity contribution is 5.80. The molecule has 0 aromatic heterocycles. The summed E-state index contributed by atoms with van der Waals surface area (Å²) in [5.74, 6) is 0.202. The molecule has 3 nitrogen and oxygen atoms in total. The number of aromatic hydroxyl groups is 1. The molecule has 0 radical (unpaired) electrons. The molecule has 0 saturated heterocycles. The fourth-order valence-electron chi connectivity index (χ4n) is 1.92. The van der Waals surface area contributed by atoms with E-state index in [1.807, 2.05) is 32.2 Å². The average Bonchev–Trinajstić information content (AvgIpc) is 2.52. The Morgan fingerprint density at radius 2 is 1.76 bits per heavy atom. The summed E-state index contributed by atoms with van der Waals surface area (Å²) in [4.78, 5) is 4.46. The third-order valence-electron chi connectivity index (χ3n) is 3.89. The topological polar surface area (TPSA) is 44.6 Å². The molecule has 134 valence electrons. The van der Waals surface area contributed by atoms with E-state index in [-0.39, 0.29) is 11.2 Å². The number of phenolic OH excluding ortho intramolecular Hbond substituents is 1. The molecule has 0 bridgehead atoms. The molecule has 0 spiro atoms. The van der Waals surface area contributed by atoms with Gasteiger partial charge in [0, 0.05) is 35.1 Å². The van der Waals surface area contributed by atoms with E-state index in [2.05, 4.69) is 50.8 Å². The number of rotatable bonds is 7. The van der Waals surface area contributed by atoms with Crippen LogP contribution in [0.15, 0.2) is 60.3 Å². The number of nitrogens with zero attached hydrogens (tertiary/aromatic N) is 1. The first-order valence-corrected chi connectivity index (χ1v) is 8.36. The Morgan fingerprint density at radius 3 is 2.28 bits per heavy atom. The van der Waals surface area contributed by atoms with E-state index in [4.69, 9.17) is 0 Å². The van der Waals surface area contributed by atoms with Crippen LogP contribution in [0, 0.1) is 5.41 Å². The van der Waals surface area contributed by atoms with Crippen LogP contribution in [0.3, 0.4) is 0 Å². The van der Waals surface area contributed by atoms with Crippen LogP contribution in [0.5, 0.6) is 5.75 Å². The van der Waals surface area contributed by atoms with Gasteiger partial charge in [-0.25, -0.2) is 0 Å². The Hall–Kier alpha value is -2.55. The molecule has 1 aromatic carbocycles. The number of aliphatic imine (C=N–C) groups is 1. The van der Waals surface area contributed by atoms with Gasteiger partial charge < -0.3 is 10.4 Å². The molecule has 0 fully saturated rings. The van der Waals surface area contributed by atoms with Crippen LogP contribution in [0.25, 0.3) is 11.3 Å². The number of hydrogen-bond acceptors (Lipinski definition) is 3. The SMILES string of the molecule is C=C(C)c1cc(O)cc(C(=C)NC/C(C=NC(=C)C(C)(C)C)=C/C)c1. The van der Waals surface area contributed by atoms with Gasteiger partial charge in [0.15, 0.2) is 0 Å². The molecule has 1 aromatic rings. The van der Waals surface area contributed by atoms with Gasteiger partial charge in [-0.3, -0.25) is 4.99 Å². The van der Waals surface area contributed by atoms with Crippen molar-refractivity contribution in [1.82, 2.24) is 5.32 Å². The maximum atomic E-state index is 9.88. The number of phenols is 1. The van der Waals surface area contributed by atoms with Gasteiger partial charge in [-0.05, 0) is 43.2 Å². The Labute approximate surface area is 152 Å².